The molecule has 3 amide bonds. The third-order valence-electron chi connectivity index (χ3n) is 3.68. The smallest absolute Gasteiger partial charge is 0.319 e. The molecular formula is C16H21N3O4. The highest BCUT2D eigenvalue weighted by molar-refractivity contribution is 6.00. The maximum atomic E-state index is 12.1. The van der Waals surface area contributed by atoms with Crippen molar-refractivity contribution in [1.29, 1.82) is 0 Å². The molecule has 1 aliphatic rings. The van der Waals surface area contributed by atoms with Crippen molar-refractivity contribution in [3.63, 3.8) is 0 Å². The fourth-order valence-electron chi connectivity index (χ4n) is 2.29. The summed E-state index contributed by atoms with van der Waals surface area (Å²) in [5, 5.41) is 14.2. The largest absolute Gasteiger partial charge is 0.481 e. The van der Waals surface area contributed by atoms with Crippen LogP contribution in [-0.4, -0.2) is 35.1 Å². The molecule has 3 N–H and O–H groups in total. The quantitative estimate of drug-likeness (QED) is 0.700. The number of carbonyl (C=O) groups is 3. The first kappa shape index (κ1) is 16.8. The van der Waals surface area contributed by atoms with Crippen molar-refractivity contribution in [2.24, 2.45) is 0 Å². The Morgan fingerprint density at radius 3 is 2.65 bits per heavy atom. The molecule has 0 bridgehead atoms. The molecule has 0 aromatic heterocycles. The first-order valence-corrected chi connectivity index (χ1v) is 7.48. The average molecular weight is 319 g/mol. The van der Waals surface area contributed by atoms with Crippen LogP contribution >= 0.6 is 0 Å². The van der Waals surface area contributed by atoms with Gasteiger partial charge in [0.1, 0.15) is 0 Å². The second kappa shape index (κ2) is 6.68. The van der Waals surface area contributed by atoms with Crippen LogP contribution < -0.4 is 15.5 Å². The molecule has 1 aromatic carbocycles. The number of benzene rings is 1. The zero-order chi connectivity index (χ0) is 17.0. The van der Waals surface area contributed by atoms with Crippen molar-refractivity contribution in [1.82, 2.24) is 5.32 Å². The highest BCUT2D eigenvalue weighted by Gasteiger charge is 2.25. The van der Waals surface area contributed by atoms with Gasteiger partial charge in [-0.15, -0.1) is 0 Å². The van der Waals surface area contributed by atoms with E-state index in [0.717, 1.165) is 5.69 Å². The summed E-state index contributed by atoms with van der Waals surface area (Å²) >= 11 is 0. The van der Waals surface area contributed by atoms with Gasteiger partial charge in [-0.25, -0.2) is 4.79 Å². The lowest BCUT2D eigenvalue weighted by Crippen LogP contribution is -2.46. The predicted molar refractivity (Wildman–Crippen MR) is 86.5 cm³/mol. The number of anilines is 2. The van der Waals surface area contributed by atoms with E-state index in [-0.39, 0.29) is 12.3 Å². The summed E-state index contributed by atoms with van der Waals surface area (Å²) in [6.07, 6.45) is 0.869. The topological polar surface area (TPSA) is 98.7 Å². The van der Waals surface area contributed by atoms with Crippen LogP contribution in [0.2, 0.25) is 0 Å². The first-order valence-electron chi connectivity index (χ1n) is 7.48. The number of carbonyl (C=O) groups excluding carboxylic acids is 2. The normalized spacial score (nSPS) is 14.2. The van der Waals surface area contributed by atoms with Crippen molar-refractivity contribution in [3.8, 4) is 0 Å². The number of amides is 3. The summed E-state index contributed by atoms with van der Waals surface area (Å²) in [5.74, 6) is -0.825. The van der Waals surface area contributed by atoms with E-state index in [2.05, 4.69) is 10.6 Å². The van der Waals surface area contributed by atoms with Crippen LogP contribution in [0.25, 0.3) is 0 Å². The first-order chi connectivity index (χ1) is 10.8. The molecule has 0 atom stereocenters. The number of carboxylic acid groups (broad SMARTS) is 1. The molecule has 7 nitrogen and oxygen atoms in total. The number of aliphatic carboxylic acids is 1. The fraction of sp³-hybridized carbons (Fsp3) is 0.438. The van der Waals surface area contributed by atoms with E-state index in [4.69, 9.17) is 5.11 Å². The Labute approximate surface area is 134 Å². The third-order valence-corrected chi connectivity index (χ3v) is 3.68. The van der Waals surface area contributed by atoms with Gasteiger partial charge in [-0.2, -0.15) is 0 Å². The summed E-state index contributed by atoms with van der Waals surface area (Å²) in [5.41, 5.74) is 0.700. The van der Waals surface area contributed by atoms with Crippen LogP contribution in [-0.2, 0) is 9.59 Å². The lowest BCUT2D eigenvalue weighted by atomic mass is 9.99. The minimum atomic E-state index is -0.896. The molecule has 0 aliphatic carbocycles. The molecule has 0 spiro atoms. The van der Waals surface area contributed by atoms with Crippen LogP contribution in [0.1, 0.15) is 33.1 Å². The highest BCUT2D eigenvalue weighted by atomic mass is 16.4. The summed E-state index contributed by atoms with van der Waals surface area (Å²) in [6.45, 7) is 4.23. The van der Waals surface area contributed by atoms with Crippen molar-refractivity contribution < 1.29 is 19.5 Å². The van der Waals surface area contributed by atoms with Crippen LogP contribution in [0.4, 0.5) is 16.2 Å². The average Bonchev–Trinajstić information content (AvgIpc) is 2.43. The number of hydrogen-bond donors (Lipinski definition) is 3. The molecule has 124 valence electrons. The molecule has 1 heterocycles. The molecule has 0 radical (unpaired) electrons. The predicted octanol–water partition coefficient (Wildman–Crippen LogP) is 2.19. The van der Waals surface area contributed by atoms with Crippen LogP contribution in [0, 0.1) is 0 Å². The Morgan fingerprint density at radius 2 is 2.09 bits per heavy atom. The molecule has 0 unspecified atom stereocenters. The molecule has 1 fully saturated rings. The monoisotopic (exact) mass is 319 g/mol. The number of nitrogens with zero attached hydrogens (tertiary/aromatic N) is 1. The van der Waals surface area contributed by atoms with E-state index in [1.54, 1.807) is 36.9 Å². The van der Waals surface area contributed by atoms with Gasteiger partial charge in [0.15, 0.2) is 0 Å². The Morgan fingerprint density at radius 1 is 1.35 bits per heavy atom. The van der Waals surface area contributed by atoms with Gasteiger partial charge in [-0.1, -0.05) is 6.07 Å². The second-order valence-electron chi connectivity index (χ2n) is 6.20. The van der Waals surface area contributed by atoms with Gasteiger partial charge in [0.2, 0.25) is 5.91 Å². The van der Waals surface area contributed by atoms with Gasteiger partial charge in [-0.05, 0) is 38.5 Å². The van der Waals surface area contributed by atoms with Crippen molar-refractivity contribution in [2.75, 3.05) is 16.8 Å². The number of β-lactam (4-membered cyclic amide) rings is 1. The summed E-state index contributed by atoms with van der Waals surface area (Å²) in [4.78, 5) is 35.8. The zero-order valence-electron chi connectivity index (χ0n) is 13.3. The number of rotatable bonds is 6. The van der Waals surface area contributed by atoms with Crippen molar-refractivity contribution >= 4 is 29.3 Å². The number of nitrogens with one attached hydrogen (secondary N) is 2. The Bertz CT molecular complexity index is 628. The molecule has 1 aromatic rings. The van der Waals surface area contributed by atoms with E-state index < -0.39 is 17.5 Å². The molecule has 7 heteroatoms. The summed E-state index contributed by atoms with van der Waals surface area (Å²) in [6, 6.07) is 6.65. The van der Waals surface area contributed by atoms with Crippen LogP contribution in [0.5, 0.6) is 0 Å². The Kier molecular flexibility index (Phi) is 4.88. The van der Waals surface area contributed by atoms with Gasteiger partial charge < -0.3 is 20.6 Å². The maximum absolute atomic E-state index is 12.1. The van der Waals surface area contributed by atoms with Gasteiger partial charge >= 0.3 is 12.0 Å². The maximum Gasteiger partial charge on any atom is 0.319 e. The molecule has 23 heavy (non-hydrogen) atoms. The third kappa shape index (κ3) is 4.70. The fourth-order valence-corrected chi connectivity index (χ4v) is 2.29. The molecule has 1 saturated heterocycles. The summed E-state index contributed by atoms with van der Waals surface area (Å²) in [7, 11) is 0. The zero-order valence-corrected chi connectivity index (χ0v) is 13.3. The SMILES string of the molecule is CC(C)(CCC(=O)O)NC(=O)Nc1cccc(N2CCC2=O)c1. The number of hydrogen-bond acceptors (Lipinski definition) is 3. The minimum Gasteiger partial charge on any atom is -0.481 e. The van der Waals surface area contributed by atoms with E-state index in [1.807, 2.05) is 6.07 Å². The molecule has 1 aliphatic heterocycles. The standard InChI is InChI=1S/C16H21N3O4/c1-16(2,8-6-14(21)22)18-15(23)17-11-4-3-5-12(10-11)19-9-7-13(19)20/h3-5,10H,6-9H2,1-2H3,(H,21,22)(H2,17,18,23). The van der Waals surface area contributed by atoms with Crippen molar-refractivity contribution in [2.45, 2.75) is 38.6 Å². The number of carboxylic acids is 1. The molecular weight excluding hydrogens is 298 g/mol. The number of urea groups is 1. The van der Waals surface area contributed by atoms with E-state index >= 15 is 0 Å². The molecule has 2 rings (SSSR count). The van der Waals surface area contributed by atoms with Gasteiger partial charge in [0, 0.05) is 36.3 Å². The van der Waals surface area contributed by atoms with Crippen LogP contribution in [0.15, 0.2) is 24.3 Å². The summed E-state index contributed by atoms with van der Waals surface area (Å²) < 4.78 is 0. The van der Waals surface area contributed by atoms with E-state index in [1.165, 1.54) is 0 Å². The second-order valence-corrected chi connectivity index (χ2v) is 6.20. The molecule has 0 saturated carbocycles. The lowest BCUT2D eigenvalue weighted by Gasteiger charge is -2.31. The Balaban J connectivity index is 1.93. The van der Waals surface area contributed by atoms with E-state index in [0.29, 0.717) is 25.1 Å². The van der Waals surface area contributed by atoms with Gasteiger partial charge in [0.25, 0.3) is 0 Å². The van der Waals surface area contributed by atoms with Gasteiger partial charge in [0.05, 0.1) is 0 Å². The minimum absolute atomic E-state index is 0.0141. The Hall–Kier alpha value is -2.57. The lowest BCUT2D eigenvalue weighted by molar-refractivity contribution is -0.137. The highest BCUT2D eigenvalue weighted by Crippen LogP contribution is 2.24. The van der Waals surface area contributed by atoms with Crippen molar-refractivity contribution in [3.05, 3.63) is 24.3 Å². The van der Waals surface area contributed by atoms with E-state index in [9.17, 15) is 14.4 Å². The van der Waals surface area contributed by atoms with Crippen LogP contribution in [0.3, 0.4) is 0 Å². The van der Waals surface area contributed by atoms with Gasteiger partial charge in [-0.3, -0.25) is 9.59 Å².